The molecule has 1 aliphatic heterocycles. The third-order valence-electron chi connectivity index (χ3n) is 10.6. The van der Waals surface area contributed by atoms with Crippen molar-refractivity contribution >= 4 is 21.8 Å². The summed E-state index contributed by atoms with van der Waals surface area (Å²) in [5.41, 5.74) is 13.4. The summed E-state index contributed by atoms with van der Waals surface area (Å²) in [6.45, 7) is 0. The molecule has 0 saturated heterocycles. The fourth-order valence-electron chi connectivity index (χ4n) is 8.74. The van der Waals surface area contributed by atoms with Crippen LogP contribution < -0.4 is 0 Å². The number of benzene rings is 7. The van der Waals surface area contributed by atoms with Crippen LogP contribution in [0, 0.1) is 0 Å². The predicted octanol–water partition coefficient (Wildman–Crippen LogP) is 10.6. The van der Waals surface area contributed by atoms with Gasteiger partial charge in [0.25, 0.3) is 0 Å². The van der Waals surface area contributed by atoms with Crippen LogP contribution in [0.3, 0.4) is 0 Å². The summed E-state index contributed by atoms with van der Waals surface area (Å²) < 4.78 is 2.48. The van der Waals surface area contributed by atoms with E-state index >= 15 is 0 Å². The number of aromatic nitrogens is 4. The van der Waals surface area contributed by atoms with Gasteiger partial charge in [-0.15, -0.1) is 0 Å². The van der Waals surface area contributed by atoms with Crippen LogP contribution >= 0.6 is 0 Å². The highest BCUT2D eigenvalue weighted by atomic mass is 15.0. The summed E-state index contributed by atoms with van der Waals surface area (Å²) in [5.74, 6) is 1.98. The molecule has 1 atom stereocenters. The number of hydrogen-bond acceptors (Lipinski definition) is 3. The van der Waals surface area contributed by atoms with Crippen LogP contribution in [0.1, 0.15) is 22.3 Å². The van der Waals surface area contributed by atoms with E-state index in [4.69, 9.17) is 15.0 Å². The van der Waals surface area contributed by atoms with Gasteiger partial charge in [-0.25, -0.2) is 15.0 Å². The Bertz CT molecular complexity index is 2760. The van der Waals surface area contributed by atoms with Gasteiger partial charge in [-0.05, 0) is 45.5 Å². The lowest BCUT2D eigenvalue weighted by atomic mass is 9.64. The fraction of sp³-hybridized carbons (Fsp3) is 0.0217. The van der Waals surface area contributed by atoms with Crippen molar-refractivity contribution in [1.29, 1.82) is 0 Å². The molecule has 0 amide bonds. The molecule has 1 aliphatic carbocycles. The molecule has 0 fully saturated rings. The van der Waals surface area contributed by atoms with Crippen LogP contribution in [-0.4, -0.2) is 19.5 Å². The summed E-state index contributed by atoms with van der Waals surface area (Å²) in [7, 11) is 0. The van der Waals surface area contributed by atoms with Gasteiger partial charge in [0.1, 0.15) is 0 Å². The van der Waals surface area contributed by atoms with E-state index in [9.17, 15) is 0 Å². The highest BCUT2D eigenvalue weighted by Gasteiger charge is 2.52. The average molecular weight is 637 g/mol. The number of rotatable bonds is 3. The maximum atomic E-state index is 5.27. The summed E-state index contributed by atoms with van der Waals surface area (Å²) in [6.07, 6.45) is 0. The van der Waals surface area contributed by atoms with Crippen molar-refractivity contribution in [1.82, 2.24) is 19.5 Å². The first kappa shape index (κ1) is 27.3. The maximum absolute atomic E-state index is 5.27. The summed E-state index contributed by atoms with van der Waals surface area (Å²) in [5, 5.41) is 2.52. The second kappa shape index (κ2) is 10.2. The van der Waals surface area contributed by atoms with Gasteiger partial charge in [0.05, 0.1) is 22.1 Å². The highest BCUT2D eigenvalue weighted by molar-refractivity contribution is 6.13. The Morgan fingerprint density at radius 1 is 0.380 bits per heavy atom. The molecule has 4 heteroatoms. The molecule has 2 aliphatic rings. The second-order valence-electron chi connectivity index (χ2n) is 13.1. The van der Waals surface area contributed by atoms with Crippen LogP contribution in [0.4, 0.5) is 0 Å². The Labute approximate surface area is 289 Å². The van der Waals surface area contributed by atoms with Crippen LogP contribution in [0.25, 0.3) is 72.8 Å². The average Bonchev–Trinajstić information content (AvgIpc) is 3.69. The van der Waals surface area contributed by atoms with Crippen LogP contribution in [0.15, 0.2) is 170 Å². The summed E-state index contributed by atoms with van der Waals surface area (Å²) in [6, 6.07) is 60.6. The minimum atomic E-state index is -0.616. The van der Waals surface area contributed by atoms with Crippen LogP contribution in [0.5, 0.6) is 0 Å². The molecular weight excluding hydrogens is 609 g/mol. The molecular formula is C46H28N4. The molecule has 232 valence electrons. The topological polar surface area (TPSA) is 43.6 Å². The Hall–Kier alpha value is -6.65. The van der Waals surface area contributed by atoms with Crippen molar-refractivity contribution in [3.8, 4) is 51.0 Å². The van der Waals surface area contributed by atoms with Crippen LogP contribution in [-0.2, 0) is 5.41 Å². The Morgan fingerprint density at radius 2 is 0.920 bits per heavy atom. The molecule has 1 spiro atoms. The largest absolute Gasteiger partial charge is 0.309 e. The number of hydrogen-bond donors (Lipinski definition) is 0. The normalized spacial score (nSPS) is 15.3. The van der Waals surface area contributed by atoms with Gasteiger partial charge in [0.2, 0.25) is 0 Å². The van der Waals surface area contributed by atoms with E-state index in [0.29, 0.717) is 17.5 Å². The third kappa shape index (κ3) is 3.52. The van der Waals surface area contributed by atoms with E-state index in [1.807, 2.05) is 36.4 Å². The smallest absolute Gasteiger partial charge is 0.164 e. The summed E-state index contributed by atoms with van der Waals surface area (Å²) in [4.78, 5) is 15.6. The summed E-state index contributed by atoms with van der Waals surface area (Å²) >= 11 is 0. The number of para-hydroxylation sites is 3. The van der Waals surface area contributed by atoms with Crippen LogP contribution in [0.2, 0.25) is 0 Å². The van der Waals surface area contributed by atoms with Gasteiger partial charge in [-0.3, -0.25) is 0 Å². The van der Waals surface area contributed by atoms with Gasteiger partial charge >= 0.3 is 0 Å². The predicted molar refractivity (Wildman–Crippen MR) is 201 cm³/mol. The minimum Gasteiger partial charge on any atom is -0.309 e. The minimum absolute atomic E-state index is 0.616. The molecule has 0 radical (unpaired) electrons. The monoisotopic (exact) mass is 636 g/mol. The van der Waals surface area contributed by atoms with Gasteiger partial charge in [0.15, 0.2) is 17.5 Å². The van der Waals surface area contributed by atoms with Gasteiger partial charge < -0.3 is 4.57 Å². The Morgan fingerprint density at radius 3 is 1.70 bits per heavy atom. The quantitative estimate of drug-likeness (QED) is 0.194. The maximum Gasteiger partial charge on any atom is 0.164 e. The fourth-order valence-corrected chi connectivity index (χ4v) is 8.74. The molecule has 4 nitrogen and oxygen atoms in total. The lowest BCUT2D eigenvalue weighted by Crippen LogP contribution is -2.34. The lowest BCUT2D eigenvalue weighted by Gasteiger charge is -2.40. The van der Waals surface area contributed by atoms with E-state index in [0.717, 1.165) is 16.7 Å². The van der Waals surface area contributed by atoms with Gasteiger partial charge in [-0.1, -0.05) is 158 Å². The zero-order valence-electron chi connectivity index (χ0n) is 27.0. The van der Waals surface area contributed by atoms with E-state index < -0.39 is 5.41 Å². The third-order valence-corrected chi connectivity index (χ3v) is 10.6. The molecule has 7 aromatic carbocycles. The molecule has 0 saturated carbocycles. The lowest BCUT2D eigenvalue weighted by molar-refractivity contribution is 0.749. The molecule has 11 rings (SSSR count). The van der Waals surface area contributed by atoms with Gasteiger partial charge in [-0.2, -0.15) is 0 Å². The highest BCUT2D eigenvalue weighted by Crippen LogP contribution is 2.62. The molecule has 0 bridgehead atoms. The SMILES string of the molecule is c1ccc(-c2nc(-c3ccccc3)nc(-c3cccc4c3C3(c5ccccc5-4)c4ccccc4-n4c5ccccc5c5cccc3c54)n2)cc1. The van der Waals surface area contributed by atoms with Crippen molar-refractivity contribution in [3.63, 3.8) is 0 Å². The van der Waals surface area contributed by atoms with E-state index in [1.54, 1.807) is 0 Å². The molecule has 9 aromatic rings. The van der Waals surface area contributed by atoms with Crippen molar-refractivity contribution in [2.75, 3.05) is 0 Å². The van der Waals surface area contributed by atoms with Crippen molar-refractivity contribution in [2.45, 2.75) is 5.41 Å². The molecule has 3 heterocycles. The molecule has 50 heavy (non-hydrogen) atoms. The first-order valence-corrected chi connectivity index (χ1v) is 17.1. The van der Waals surface area contributed by atoms with E-state index in [-0.39, 0.29) is 0 Å². The molecule has 2 aromatic heterocycles. The Balaban J connectivity index is 1.30. The molecule has 1 unspecified atom stereocenters. The number of nitrogens with zero attached hydrogens (tertiary/aromatic N) is 4. The zero-order chi connectivity index (χ0) is 32.8. The Kier molecular flexibility index (Phi) is 5.56. The molecule has 0 N–H and O–H groups in total. The zero-order valence-corrected chi connectivity index (χ0v) is 27.0. The van der Waals surface area contributed by atoms with Gasteiger partial charge in [0, 0.05) is 27.5 Å². The van der Waals surface area contributed by atoms with Crippen molar-refractivity contribution < 1.29 is 0 Å². The second-order valence-corrected chi connectivity index (χ2v) is 13.1. The van der Waals surface area contributed by atoms with Crippen molar-refractivity contribution in [3.05, 3.63) is 192 Å². The number of fused-ring (bicyclic) bond motifs is 12. The van der Waals surface area contributed by atoms with E-state index in [2.05, 4.69) is 138 Å². The van der Waals surface area contributed by atoms with E-state index in [1.165, 1.54) is 60.9 Å². The van der Waals surface area contributed by atoms with Crippen molar-refractivity contribution in [2.24, 2.45) is 0 Å². The first-order valence-electron chi connectivity index (χ1n) is 17.1. The first-order chi connectivity index (χ1) is 24.8. The standard InChI is InChI=1S/C46H28N4/c1-3-15-29(16-4-1)43-47-44(30-17-5-2-6-18-30)49-45(48-43)35-23-13-21-33-31-19-7-9-24-36(31)46(41(33)35)37-25-10-12-28-40(37)50-39-27-11-8-20-32(39)34-22-14-26-38(46)42(34)50/h1-28H.